The maximum absolute atomic E-state index is 12.3. The Labute approximate surface area is 126 Å². The predicted molar refractivity (Wildman–Crippen MR) is 84.0 cm³/mol. The van der Waals surface area contributed by atoms with Crippen molar-refractivity contribution in [1.82, 2.24) is 20.2 Å². The maximum Gasteiger partial charge on any atom is 0.272 e. The normalized spacial score (nSPS) is 12.6. The Kier molecular flexibility index (Phi) is 6.51. The van der Waals surface area contributed by atoms with Crippen LogP contribution < -0.4 is 16.6 Å². The molecule has 1 amide bonds. The molecule has 0 saturated carbocycles. The number of anilines is 1. The van der Waals surface area contributed by atoms with Crippen molar-refractivity contribution >= 4 is 11.6 Å². The first kappa shape index (κ1) is 17.3. The van der Waals surface area contributed by atoms with Gasteiger partial charge in [-0.1, -0.05) is 13.8 Å². The van der Waals surface area contributed by atoms with E-state index in [1.165, 1.54) is 0 Å². The molecule has 0 aliphatic rings. The molecule has 0 aliphatic heterocycles. The predicted octanol–water partition coefficient (Wildman–Crippen LogP) is 0.956. The van der Waals surface area contributed by atoms with E-state index >= 15 is 0 Å². The average molecular weight is 294 g/mol. The van der Waals surface area contributed by atoms with Crippen molar-refractivity contribution in [3.63, 3.8) is 0 Å². The van der Waals surface area contributed by atoms with Gasteiger partial charge in [0, 0.05) is 12.0 Å². The number of nitrogen functional groups attached to an aromatic ring is 1. The zero-order valence-corrected chi connectivity index (χ0v) is 13.5. The lowest BCUT2D eigenvalue weighted by atomic mass is 10.2. The van der Waals surface area contributed by atoms with Gasteiger partial charge in [0.15, 0.2) is 5.69 Å². The van der Waals surface area contributed by atoms with Crippen molar-refractivity contribution in [2.75, 3.05) is 26.1 Å². The van der Waals surface area contributed by atoms with E-state index in [4.69, 9.17) is 5.84 Å². The Hall–Kier alpha value is -1.73. The number of nitrogens with one attached hydrogen (secondary N) is 2. The summed E-state index contributed by atoms with van der Waals surface area (Å²) in [6.45, 7) is 6.84. The van der Waals surface area contributed by atoms with Crippen LogP contribution in [0.1, 0.15) is 49.4 Å². The standard InChI is InChI=1S/C14H26N6O/c1-9(2)13-16-8-11(19-15)12(18-13)14(21)17-10(3)6-7-20(4)5/h8-10,19H,6-7,15H2,1-5H3,(H,17,21). The average Bonchev–Trinajstić information content (AvgIpc) is 2.44. The first-order valence-electron chi connectivity index (χ1n) is 7.14. The number of hydrazine groups is 1. The highest BCUT2D eigenvalue weighted by Crippen LogP contribution is 2.15. The van der Waals surface area contributed by atoms with E-state index in [2.05, 4.69) is 25.6 Å². The second-order valence-electron chi connectivity index (χ2n) is 5.76. The van der Waals surface area contributed by atoms with Gasteiger partial charge in [-0.25, -0.2) is 9.97 Å². The topological polar surface area (TPSA) is 96.2 Å². The minimum Gasteiger partial charge on any atom is -0.348 e. The maximum atomic E-state index is 12.3. The Balaban J connectivity index is 2.82. The molecular weight excluding hydrogens is 268 g/mol. The molecule has 4 N–H and O–H groups in total. The lowest BCUT2D eigenvalue weighted by Gasteiger charge is -2.17. The number of aromatic nitrogens is 2. The van der Waals surface area contributed by atoms with Crippen LogP contribution in [-0.2, 0) is 0 Å². The number of amides is 1. The van der Waals surface area contributed by atoms with Gasteiger partial charge >= 0.3 is 0 Å². The Morgan fingerprint density at radius 2 is 2.05 bits per heavy atom. The van der Waals surface area contributed by atoms with Crippen molar-refractivity contribution in [3.05, 3.63) is 17.7 Å². The highest BCUT2D eigenvalue weighted by Gasteiger charge is 2.17. The van der Waals surface area contributed by atoms with Gasteiger partial charge in [0.25, 0.3) is 5.91 Å². The molecule has 0 radical (unpaired) electrons. The van der Waals surface area contributed by atoms with Gasteiger partial charge in [0.1, 0.15) is 5.82 Å². The van der Waals surface area contributed by atoms with E-state index < -0.39 is 0 Å². The van der Waals surface area contributed by atoms with Crippen LogP contribution in [0.4, 0.5) is 5.69 Å². The van der Waals surface area contributed by atoms with Crippen LogP contribution in [-0.4, -0.2) is 47.5 Å². The van der Waals surface area contributed by atoms with Gasteiger partial charge in [0.05, 0.1) is 11.9 Å². The van der Waals surface area contributed by atoms with E-state index in [1.54, 1.807) is 6.20 Å². The molecule has 0 saturated heterocycles. The third-order valence-electron chi connectivity index (χ3n) is 3.08. The minimum atomic E-state index is -0.237. The molecule has 1 rings (SSSR count). The highest BCUT2D eigenvalue weighted by molar-refractivity contribution is 5.97. The van der Waals surface area contributed by atoms with E-state index in [0.717, 1.165) is 13.0 Å². The van der Waals surface area contributed by atoms with Gasteiger partial charge in [-0.3, -0.25) is 10.6 Å². The summed E-state index contributed by atoms with van der Waals surface area (Å²) < 4.78 is 0. The number of carbonyl (C=O) groups excluding carboxylic acids is 1. The molecule has 1 aromatic rings. The van der Waals surface area contributed by atoms with E-state index in [0.29, 0.717) is 11.5 Å². The van der Waals surface area contributed by atoms with Crippen LogP contribution in [0.25, 0.3) is 0 Å². The molecule has 7 heteroatoms. The van der Waals surface area contributed by atoms with Gasteiger partial charge in [-0.15, -0.1) is 0 Å². The number of hydrogen-bond donors (Lipinski definition) is 3. The lowest BCUT2D eigenvalue weighted by molar-refractivity contribution is 0.0932. The smallest absolute Gasteiger partial charge is 0.272 e. The fraction of sp³-hybridized carbons (Fsp3) is 0.643. The molecule has 7 nitrogen and oxygen atoms in total. The molecule has 0 fully saturated rings. The van der Waals surface area contributed by atoms with E-state index in [9.17, 15) is 4.79 Å². The fourth-order valence-electron chi connectivity index (χ4n) is 1.77. The zero-order valence-electron chi connectivity index (χ0n) is 13.5. The number of rotatable bonds is 7. The van der Waals surface area contributed by atoms with Gasteiger partial charge in [-0.2, -0.15) is 0 Å². The van der Waals surface area contributed by atoms with Crippen molar-refractivity contribution in [3.8, 4) is 0 Å². The summed E-state index contributed by atoms with van der Waals surface area (Å²) >= 11 is 0. The summed E-state index contributed by atoms with van der Waals surface area (Å²) in [6.07, 6.45) is 2.41. The van der Waals surface area contributed by atoms with Crippen LogP contribution in [0.2, 0.25) is 0 Å². The van der Waals surface area contributed by atoms with E-state index in [-0.39, 0.29) is 23.6 Å². The molecule has 1 aromatic heterocycles. The number of nitrogens with zero attached hydrogens (tertiary/aromatic N) is 3. The van der Waals surface area contributed by atoms with Gasteiger partial charge in [-0.05, 0) is 34.0 Å². The monoisotopic (exact) mass is 294 g/mol. The molecule has 0 spiro atoms. The van der Waals surface area contributed by atoms with Crippen LogP contribution in [0, 0.1) is 0 Å². The number of nitrogens with two attached hydrogens (primary N) is 1. The highest BCUT2D eigenvalue weighted by atomic mass is 16.2. The summed E-state index contributed by atoms with van der Waals surface area (Å²) in [6, 6.07) is 0.0583. The first-order valence-corrected chi connectivity index (χ1v) is 7.14. The summed E-state index contributed by atoms with van der Waals surface area (Å²) in [5, 5.41) is 2.94. The summed E-state index contributed by atoms with van der Waals surface area (Å²) in [5.74, 6) is 5.96. The molecule has 118 valence electrons. The first-order chi connectivity index (χ1) is 9.85. The summed E-state index contributed by atoms with van der Waals surface area (Å²) in [4.78, 5) is 22.9. The van der Waals surface area contributed by atoms with Crippen molar-refractivity contribution in [2.24, 2.45) is 5.84 Å². The SMILES string of the molecule is CC(CCN(C)C)NC(=O)c1nc(C(C)C)ncc1NN. The molecule has 0 aliphatic carbocycles. The van der Waals surface area contributed by atoms with Crippen LogP contribution >= 0.6 is 0 Å². The van der Waals surface area contributed by atoms with Crippen LogP contribution in [0.15, 0.2) is 6.20 Å². The summed E-state index contributed by atoms with van der Waals surface area (Å²) in [5.41, 5.74) is 3.18. The number of hydrogen-bond acceptors (Lipinski definition) is 6. The van der Waals surface area contributed by atoms with Crippen LogP contribution in [0.3, 0.4) is 0 Å². The summed E-state index contributed by atoms with van der Waals surface area (Å²) in [7, 11) is 4.01. The molecule has 1 heterocycles. The Morgan fingerprint density at radius 1 is 1.38 bits per heavy atom. The molecule has 21 heavy (non-hydrogen) atoms. The lowest BCUT2D eigenvalue weighted by Crippen LogP contribution is -2.36. The Bertz CT molecular complexity index is 475. The van der Waals surface area contributed by atoms with E-state index in [1.807, 2.05) is 34.9 Å². The quantitative estimate of drug-likeness (QED) is 0.512. The fourth-order valence-corrected chi connectivity index (χ4v) is 1.77. The van der Waals surface area contributed by atoms with Crippen molar-refractivity contribution < 1.29 is 4.79 Å². The largest absolute Gasteiger partial charge is 0.348 e. The second-order valence-corrected chi connectivity index (χ2v) is 5.76. The van der Waals surface area contributed by atoms with Crippen molar-refractivity contribution in [1.29, 1.82) is 0 Å². The minimum absolute atomic E-state index is 0.0583. The Morgan fingerprint density at radius 3 is 2.57 bits per heavy atom. The zero-order chi connectivity index (χ0) is 16.0. The molecule has 0 bridgehead atoms. The van der Waals surface area contributed by atoms with Gasteiger partial charge in [0.2, 0.25) is 0 Å². The molecule has 1 unspecified atom stereocenters. The molecule has 1 atom stereocenters. The van der Waals surface area contributed by atoms with Crippen LogP contribution in [0.5, 0.6) is 0 Å². The molecular formula is C14H26N6O. The third kappa shape index (κ3) is 5.28. The second kappa shape index (κ2) is 7.90. The molecule has 0 aromatic carbocycles. The number of carbonyl (C=O) groups is 1. The van der Waals surface area contributed by atoms with Gasteiger partial charge < -0.3 is 15.6 Å². The third-order valence-corrected chi connectivity index (χ3v) is 3.08. The van der Waals surface area contributed by atoms with Crippen molar-refractivity contribution in [2.45, 2.75) is 39.2 Å².